The minimum Gasteiger partial charge on any atom is -0.256 e. The molecule has 2 aromatic heterocycles. The summed E-state index contributed by atoms with van der Waals surface area (Å²) in [6.45, 7) is 2.20. The molecule has 0 bridgehead atoms. The van der Waals surface area contributed by atoms with Gasteiger partial charge in [0.15, 0.2) is 0 Å². The monoisotopic (exact) mass is 301 g/mol. The summed E-state index contributed by atoms with van der Waals surface area (Å²) in [4.78, 5) is 5.84. The van der Waals surface area contributed by atoms with E-state index < -0.39 is 0 Å². The van der Waals surface area contributed by atoms with Gasteiger partial charge in [0.25, 0.3) is 0 Å². The van der Waals surface area contributed by atoms with Crippen LogP contribution in [-0.2, 0) is 0 Å². The Balaban J connectivity index is 1.96. The fourth-order valence-electron chi connectivity index (χ4n) is 3.02. The largest absolute Gasteiger partial charge is 0.256 e. The van der Waals surface area contributed by atoms with Crippen molar-refractivity contribution in [1.29, 1.82) is 0 Å². The van der Waals surface area contributed by atoms with Gasteiger partial charge in [0, 0.05) is 16.6 Å². The summed E-state index contributed by atoms with van der Waals surface area (Å²) in [5, 5.41) is 2.12. The average molecular weight is 301 g/mol. The van der Waals surface area contributed by atoms with E-state index in [1.165, 1.54) is 32.7 Å². The first-order valence-corrected chi connectivity index (χ1v) is 8.20. The van der Waals surface area contributed by atoms with Gasteiger partial charge in [-0.15, -0.1) is 11.3 Å². The van der Waals surface area contributed by atoms with Crippen molar-refractivity contribution in [3.63, 3.8) is 0 Å². The van der Waals surface area contributed by atoms with Gasteiger partial charge in [-0.2, -0.15) is 0 Å². The number of benzene rings is 1. The topological polar surface area (TPSA) is 12.9 Å². The maximum Gasteiger partial charge on any atom is 0.0711 e. The molecule has 3 aromatic rings. The van der Waals surface area contributed by atoms with E-state index in [0.717, 1.165) is 5.69 Å². The zero-order valence-electron chi connectivity index (χ0n) is 12.3. The molecule has 1 aromatic carbocycles. The standard InChI is InChI=1S/C20H15NS/c1-14-18(13-15-7-6-12-22-15)16-8-2-3-9-17(16)20(14)19-10-4-5-11-21-19/h2-13H,1H3/b18-13+. The first kappa shape index (κ1) is 13.2. The van der Waals surface area contributed by atoms with Crippen molar-refractivity contribution >= 4 is 28.6 Å². The number of hydrogen-bond acceptors (Lipinski definition) is 2. The molecule has 2 heteroatoms. The Kier molecular flexibility index (Phi) is 3.24. The van der Waals surface area contributed by atoms with Gasteiger partial charge in [-0.1, -0.05) is 36.4 Å². The van der Waals surface area contributed by atoms with E-state index in [1.807, 2.05) is 18.3 Å². The number of aromatic nitrogens is 1. The number of hydrogen-bond donors (Lipinski definition) is 0. The molecular weight excluding hydrogens is 286 g/mol. The Morgan fingerprint density at radius 1 is 0.909 bits per heavy atom. The number of allylic oxidation sites excluding steroid dienone is 2. The van der Waals surface area contributed by atoms with Crippen molar-refractivity contribution in [1.82, 2.24) is 4.98 Å². The van der Waals surface area contributed by atoms with Gasteiger partial charge < -0.3 is 0 Å². The first-order chi connectivity index (χ1) is 10.8. The van der Waals surface area contributed by atoms with Gasteiger partial charge in [-0.25, -0.2) is 0 Å². The summed E-state index contributed by atoms with van der Waals surface area (Å²) >= 11 is 1.77. The SMILES string of the molecule is CC1=C(c2ccccn2)c2ccccc2/C1=C/c1cccs1. The highest BCUT2D eigenvalue weighted by Crippen LogP contribution is 2.44. The number of fused-ring (bicyclic) bond motifs is 1. The molecule has 0 saturated carbocycles. The molecule has 106 valence electrons. The quantitative estimate of drug-likeness (QED) is 0.607. The lowest BCUT2D eigenvalue weighted by atomic mass is 10.0. The summed E-state index contributed by atoms with van der Waals surface area (Å²) in [5.41, 5.74) is 7.48. The van der Waals surface area contributed by atoms with Crippen LogP contribution in [0.1, 0.15) is 28.6 Å². The third-order valence-corrected chi connectivity index (χ3v) is 4.84. The predicted molar refractivity (Wildman–Crippen MR) is 94.6 cm³/mol. The van der Waals surface area contributed by atoms with Crippen molar-refractivity contribution in [3.05, 3.63) is 93.4 Å². The lowest BCUT2D eigenvalue weighted by Gasteiger charge is -2.04. The molecule has 0 N–H and O–H groups in total. The second-order valence-electron chi connectivity index (χ2n) is 5.33. The number of rotatable bonds is 2. The highest BCUT2D eigenvalue weighted by molar-refractivity contribution is 7.10. The maximum absolute atomic E-state index is 4.56. The number of nitrogens with zero attached hydrogens (tertiary/aromatic N) is 1. The zero-order valence-corrected chi connectivity index (χ0v) is 13.1. The van der Waals surface area contributed by atoms with Gasteiger partial charge in [0.2, 0.25) is 0 Å². The molecule has 0 amide bonds. The van der Waals surface area contributed by atoms with Crippen LogP contribution in [0.4, 0.5) is 0 Å². The van der Waals surface area contributed by atoms with Crippen LogP contribution >= 0.6 is 11.3 Å². The second-order valence-corrected chi connectivity index (χ2v) is 6.31. The molecule has 0 spiro atoms. The highest BCUT2D eigenvalue weighted by atomic mass is 32.1. The van der Waals surface area contributed by atoms with Crippen LogP contribution in [0.2, 0.25) is 0 Å². The minimum absolute atomic E-state index is 1.04. The third-order valence-electron chi connectivity index (χ3n) is 4.02. The van der Waals surface area contributed by atoms with Crippen LogP contribution in [0, 0.1) is 0 Å². The molecule has 0 atom stereocenters. The molecule has 0 fully saturated rings. The maximum atomic E-state index is 4.56. The molecule has 1 aliphatic carbocycles. The molecule has 0 saturated heterocycles. The molecule has 1 aliphatic rings. The molecule has 2 heterocycles. The van der Waals surface area contributed by atoms with Crippen LogP contribution in [0.25, 0.3) is 17.2 Å². The Morgan fingerprint density at radius 2 is 1.73 bits per heavy atom. The van der Waals surface area contributed by atoms with Crippen molar-refractivity contribution in [2.24, 2.45) is 0 Å². The van der Waals surface area contributed by atoms with E-state index in [2.05, 4.69) is 65.8 Å². The van der Waals surface area contributed by atoms with Gasteiger partial charge in [0.05, 0.1) is 5.69 Å². The van der Waals surface area contributed by atoms with E-state index in [0.29, 0.717) is 0 Å². The van der Waals surface area contributed by atoms with Crippen LogP contribution < -0.4 is 0 Å². The third kappa shape index (κ3) is 2.13. The van der Waals surface area contributed by atoms with Crippen LogP contribution in [0.5, 0.6) is 0 Å². The molecule has 0 radical (unpaired) electrons. The molecule has 22 heavy (non-hydrogen) atoms. The molecule has 0 aliphatic heterocycles. The fourth-order valence-corrected chi connectivity index (χ4v) is 3.67. The number of pyridine rings is 1. The zero-order chi connectivity index (χ0) is 14.9. The van der Waals surface area contributed by atoms with E-state index in [9.17, 15) is 0 Å². The van der Waals surface area contributed by atoms with Crippen molar-refractivity contribution in [2.45, 2.75) is 6.92 Å². The van der Waals surface area contributed by atoms with Crippen LogP contribution in [0.3, 0.4) is 0 Å². The second kappa shape index (κ2) is 5.39. The normalized spacial score (nSPS) is 15.4. The van der Waals surface area contributed by atoms with E-state index in [4.69, 9.17) is 0 Å². The molecule has 1 nitrogen and oxygen atoms in total. The van der Waals surface area contributed by atoms with Crippen molar-refractivity contribution in [3.8, 4) is 0 Å². The summed E-state index contributed by atoms with van der Waals surface area (Å²) in [6.07, 6.45) is 4.15. The predicted octanol–water partition coefficient (Wildman–Crippen LogP) is 5.52. The van der Waals surface area contributed by atoms with E-state index >= 15 is 0 Å². The smallest absolute Gasteiger partial charge is 0.0711 e. The molecule has 0 unspecified atom stereocenters. The van der Waals surface area contributed by atoms with Gasteiger partial charge in [0.1, 0.15) is 0 Å². The van der Waals surface area contributed by atoms with Crippen LogP contribution in [0.15, 0.2) is 71.7 Å². The number of thiophene rings is 1. The Hall–Kier alpha value is -2.45. The first-order valence-electron chi connectivity index (χ1n) is 7.32. The van der Waals surface area contributed by atoms with Gasteiger partial charge in [-0.3, -0.25) is 4.98 Å². The molecular formula is C20H15NS. The summed E-state index contributed by atoms with van der Waals surface area (Å²) < 4.78 is 0. The van der Waals surface area contributed by atoms with Crippen molar-refractivity contribution in [2.75, 3.05) is 0 Å². The summed E-state index contributed by atoms with van der Waals surface area (Å²) in [7, 11) is 0. The summed E-state index contributed by atoms with van der Waals surface area (Å²) in [6, 6.07) is 19.0. The average Bonchev–Trinajstić information content (AvgIpc) is 3.16. The van der Waals surface area contributed by atoms with Gasteiger partial charge >= 0.3 is 0 Å². The Bertz CT molecular complexity index is 871. The molecule has 4 rings (SSSR count). The van der Waals surface area contributed by atoms with Crippen molar-refractivity contribution < 1.29 is 0 Å². The van der Waals surface area contributed by atoms with Crippen LogP contribution in [-0.4, -0.2) is 4.98 Å². The lowest BCUT2D eigenvalue weighted by Crippen LogP contribution is -1.89. The summed E-state index contributed by atoms with van der Waals surface area (Å²) in [5.74, 6) is 0. The Morgan fingerprint density at radius 3 is 2.45 bits per heavy atom. The van der Waals surface area contributed by atoms with E-state index in [1.54, 1.807) is 11.3 Å². The highest BCUT2D eigenvalue weighted by Gasteiger charge is 2.24. The fraction of sp³-hybridized carbons (Fsp3) is 0.0500. The van der Waals surface area contributed by atoms with Gasteiger partial charge in [-0.05, 0) is 58.9 Å². The Labute approximate surface area is 134 Å². The lowest BCUT2D eigenvalue weighted by molar-refractivity contribution is 1.27. The minimum atomic E-state index is 1.04. The van der Waals surface area contributed by atoms with E-state index in [-0.39, 0.29) is 0 Å².